The molecule has 1 amide bonds. The first kappa shape index (κ1) is 19.0. The average Bonchev–Trinajstić information content (AvgIpc) is 2.68. The normalized spacial score (nSPS) is 16.8. The van der Waals surface area contributed by atoms with Crippen LogP contribution in [0, 0.1) is 0 Å². The number of amides is 1. The first-order valence-electron chi connectivity index (χ1n) is 9.32. The molecule has 1 aliphatic carbocycles. The first-order chi connectivity index (χ1) is 13.0. The Hall–Kier alpha value is -2.82. The smallest absolute Gasteiger partial charge is 0.338 e. The number of aryl methyl sites for hydroxylation is 1. The van der Waals surface area contributed by atoms with Gasteiger partial charge in [-0.05, 0) is 61.6 Å². The fourth-order valence-electron chi connectivity index (χ4n) is 3.37. The van der Waals surface area contributed by atoms with E-state index >= 15 is 0 Å². The van der Waals surface area contributed by atoms with Gasteiger partial charge in [0.1, 0.15) is 0 Å². The molecule has 0 radical (unpaired) electrons. The van der Waals surface area contributed by atoms with Gasteiger partial charge in [-0.25, -0.2) is 4.79 Å². The quantitative estimate of drug-likeness (QED) is 0.823. The number of ether oxygens (including phenoxy) is 1. The lowest BCUT2D eigenvalue weighted by molar-refractivity contribution is -0.130. The van der Waals surface area contributed by atoms with Crippen LogP contribution in [0.3, 0.4) is 0 Å². The van der Waals surface area contributed by atoms with E-state index < -0.39 is 12.1 Å². The van der Waals surface area contributed by atoms with Crippen LogP contribution in [-0.2, 0) is 16.0 Å². The Balaban J connectivity index is 1.60. The van der Waals surface area contributed by atoms with Crippen LogP contribution in [0.2, 0.25) is 0 Å². The number of carbonyl (C=O) groups excluding carboxylic acids is 2. The lowest BCUT2D eigenvalue weighted by Gasteiger charge is -2.27. The Morgan fingerprint density at radius 2 is 1.81 bits per heavy atom. The number of nitrogens with zero attached hydrogens (tertiary/aromatic N) is 1. The van der Waals surface area contributed by atoms with Gasteiger partial charge in [-0.2, -0.15) is 0 Å². The third-order valence-corrected chi connectivity index (χ3v) is 4.96. The summed E-state index contributed by atoms with van der Waals surface area (Å²) in [7, 11) is 3.87. The summed E-state index contributed by atoms with van der Waals surface area (Å²) < 4.78 is 5.36. The van der Waals surface area contributed by atoms with Crippen molar-refractivity contribution in [3.8, 4) is 0 Å². The molecular formula is C22H26N2O3. The molecule has 1 aliphatic rings. The molecule has 27 heavy (non-hydrogen) atoms. The minimum Gasteiger partial charge on any atom is -0.449 e. The fourth-order valence-corrected chi connectivity index (χ4v) is 3.37. The summed E-state index contributed by atoms with van der Waals surface area (Å²) in [5.74, 6) is -0.762. The summed E-state index contributed by atoms with van der Waals surface area (Å²) in [6.07, 6.45) is 2.12. The Labute approximate surface area is 160 Å². The average molecular weight is 366 g/mol. The van der Waals surface area contributed by atoms with Gasteiger partial charge in [0.2, 0.25) is 0 Å². The molecule has 5 heteroatoms. The summed E-state index contributed by atoms with van der Waals surface area (Å²) in [6.45, 7) is 1.61. The minimum absolute atomic E-state index is 0.0250. The van der Waals surface area contributed by atoms with Gasteiger partial charge in [-0.15, -0.1) is 0 Å². The molecule has 2 aromatic rings. The summed E-state index contributed by atoms with van der Waals surface area (Å²) in [5, 5.41) is 3.03. The molecule has 0 aliphatic heterocycles. The molecule has 0 bridgehead atoms. The van der Waals surface area contributed by atoms with Crippen LogP contribution >= 0.6 is 0 Å². The van der Waals surface area contributed by atoms with Gasteiger partial charge >= 0.3 is 5.97 Å². The third kappa shape index (κ3) is 4.48. The molecule has 2 atom stereocenters. The molecule has 1 N–H and O–H groups in total. The van der Waals surface area contributed by atoms with Crippen molar-refractivity contribution in [2.24, 2.45) is 0 Å². The Morgan fingerprint density at radius 1 is 1.11 bits per heavy atom. The molecule has 142 valence electrons. The number of hydrogen-bond donors (Lipinski definition) is 1. The number of hydrogen-bond acceptors (Lipinski definition) is 4. The molecule has 0 unspecified atom stereocenters. The Kier molecular flexibility index (Phi) is 5.79. The van der Waals surface area contributed by atoms with E-state index in [4.69, 9.17) is 4.74 Å². The van der Waals surface area contributed by atoms with Crippen LogP contribution in [0.15, 0.2) is 48.5 Å². The molecule has 0 saturated heterocycles. The zero-order valence-electron chi connectivity index (χ0n) is 16.1. The largest absolute Gasteiger partial charge is 0.449 e. The van der Waals surface area contributed by atoms with Gasteiger partial charge in [-0.3, -0.25) is 4.79 Å². The molecule has 0 aromatic heterocycles. The number of esters is 1. The molecule has 3 rings (SSSR count). The van der Waals surface area contributed by atoms with Gasteiger partial charge in [0.25, 0.3) is 5.91 Å². The molecule has 0 saturated carbocycles. The van der Waals surface area contributed by atoms with Crippen molar-refractivity contribution in [1.29, 1.82) is 0 Å². The van der Waals surface area contributed by atoms with Gasteiger partial charge in [0.15, 0.2) is 6.10 Å². The maximum absolute atomic E-state index is 12.5. The van der Waals surface area contributed by atoms with Crippen LogP contribution < -0.4 is 10.2 Å². The maximum Gasteiger partial charge on any atom is 0.338 e. The molecule has 0 spiro atoms. The molecule has 5 nitrogen and oxygen atoms in total. The van der Waals surface area contributed by atoms with Crippen molar-refractivity contribution in [3.05, 3.63) is 65.2 Å². The number of benzene rings is 2. The first-order valence-corrected chi connectivity index (χ1v) is 9.32. The standard InChI is InChI=1S/C22H26N2O3/c1-15(27-22(26)17-11-13-18(14-12-17)24(2)3)21(25)23-20-10-6-8-16-7-4-5-9-19(16)20/h4-5,7,9,11-15,20H,6,8,10H2,1-3H3,(H,23,25)/t15-,20-/m0/s1. The van der Waals surface area contributed by atoms with E-state index in [1.807, 2.05) is 43.3 Å². The maximum atomic E-state index is 12.5. The SMILES string of the molecule is C[C@H](OC(=O)c1ccc(N(C)C)cc1)C(=O)N[C@H]1CCCc2ccccc21. The molecule has 2 aromatic carbocycles. The van der Waals surface area contributed by atoms with E-state index in [1.54, 1.807) is 19.1 Å². The monoisotopic (exact) mass is 366 g/mol. The van der Waals surface area contributed by atoms with Gasteiger partial charge < -0.3 is 15.0 Å². The van der Waals surface area contributed by atoms with E-state index in [2.05, 4.69) is 17.4 Å². The zero-order valence-corrected chi connectivity index (χ0v) is 16.1. The minimum atomic E-state index is -0.847. The molecule has 0 fully saturated rings. The summed E-state index contributed by atoms with van der Waals surface area (Å²) in [6, 6.07) is 15.3. The van der Waals surface area contributed by atoms with Gasteiger partial charge in [0.05, 0.1) is 11.6 Å². The van der Waals surface area contributed by atoms with Crippen LogP contribution in [-0.4, -0.2) is 32.1 Å². The van der Waals surface area contributed by atoms with Crippen molar-refractivity contribution in [3.63, 3.8) is 0 Å². The van der Waals surface area contributed by atoms with E-state index in [9.17, 15) is 9.59 Å². The fraction of sp³-hybridized carbons (Fsp3) is 0.364. The Morgan fingerprint density at radius 3 is 2.52 bits per heavy atom. The summed E-state index contributed by atoms with van der Waals surface area (Å²) in [5.41, 5.74) is 3.87. The highest BCUT2D eigenvalue weighted by Crippen LogP contribution is 2.29. The highest BCUT2D eigenvalue weighted by molar-refractivity contribution is 5.92. The molecule has 0 heterocycles. The van der Waals surface area contributed by atoms with E-state index in [-0.39, 0.29) is 11.9 Å². The van der Waals surface area contributed by atoms with Crippen LogP contribution in [0.5, 0.6) is 0 Å². The predicted octanol–water partition coefficient (Wildman–Crippen LogP) is 3.49. The lowest BCUT2D eigenvalue weighted by atomic mass is 9.87. The molecular weight excluding hydrogens is 340 g/mol. The number of fused-ring (bicyclic) bond motifs is 1. The van der Waals surface area contributed by atoms with E-state index in [0.29, 0.717) is 5.56 Å². The van der Waals surface area contributed by atoms with Crippen molar-refractivity contribution < 1.29 is 14.3 Å². The summed E-state index contributed by atoms with van der Waals surface area (Å²) in [4.78, 5) is 26.8. The second-order valence-electron chi connectivity index (χ2n) is 7.14. The number of anilines is 1. The number of carbonyl (C=O) groups is 2. The van der Waals surface area contributed by atoms with E-state index in [0.717, 1.165) is 30.5 Å². The highest BCUT2D eigenvalue weighted by Gasteiger charge is 2.25. The number of rotatable bonds is 5. The Bertz CT molecular complexity index is 815. The zero-order chi connectivity index (χ0) is 19.4. The van der Waals surface area contributed by atoms with E-state index in [1.165, 1.54) is 5.56 Å². The van der Waals surface area contributed by atoms with Crippen LogP contribution in [0.4, 0.5) is 5.69 Å². The highest BCUT2D eigenvalue weighted by atomic mass is 16.5. The van der Waals surface area contributed by atoms with Crippen molar-refractivity contribution in [2.75, 3.05) is 19.0 Å². The van der Waals surface area contributed by atoms with Gasteiger partial charge in [0, 0.05) is 19.8 Å². The summed E-state index contributed by atoms with van der Waals surface area (Å²) >= 11 is 0. The topological polar surface area (TPSA) is 58.6 Å². The third-order valence-electron chi connectivity index (χ3n) is 4.96. The second-order valence-corrected chi connectivity index (χ2v) is 7.14. The van der Waals surface area contributed by atoms with Gasteiger partial charge in [-0.1, -0.05) is 24.3 Å². The van der Waals surface area contributed by atoms with Crippen LogP contribution in [0.1, 0.15) is 47.3 Å². The predicted molar refractivity (Wildman–Crippen MR) is 106 cm³/mol. The second kappa shape index (κ2) is 8.25. The van der Waals surface area contributed by atoms with Crippen molar-refractivity contribution in [2.45, 2.75) is 38.3 Å². The van der Waals surface area contributed by atoms with Crippen molar-refractivity contribution >= 4 is 17.6 Å². The lowest BCUT2D eigenvalue weighted by Crippen LogP contribution is -2.39. The van der Waals surface area contributed by atoms with Crippen LogP contribution in [0.25, 0.3) is 0 Å². The number of nitrogens with one attached hydrogen (secondary N) is 1. The van der Waals surface area contributed by atoms with Crippen molar-refractivity contribution in [1.82, 2.24) is 5.32 Å².